The fourth-order valence-electron chi connectivity index (χ4n) is 3.66. The summed E-state index contributed by atoms with van der Waals surface area (Å²) in [6.45, 7) is 1.70. The Balaban J connectivity index is 1.55. The smallest absolute Gasteiger partial charge is 0.254 e. The van der Waals surface area contributed by atoms with Gasteiger partial charge in [-0.2, -0.15) is 0 Å². The standard InChI is InChI=1S/C21H21FN4O3/c22-16-3-1-2-15(12-16)18-13-23-10-11-25(18)21(29)14-4-6-17(7-5-14)26-20(28)9-8-19(27)24-26/h1-7,12,18,23H,8-11,13H2,(H,24,27). The molecule has 0 aromatic heterocycles. The van der Waals surface area contributed by atoms with E-state index in [1.54, 1.807) is 35.2 Å². The van der Waals surface area contributed by atoms with Crippen LogP contribution in [0.3, 0.4) is 0 Å². The van der Waals surface area contributed by atoms with Gasteiger partial charge in [0, 0.05) is 38.0 Å². The summed E-state index contributed by atoms with van der Waals surface area (Å²) in [6.07, 6.45) is 0.332. The van der Waals surface area contributed by atoms with Gasteiger partial charge in [-0.15, -0.1) is 0 Å². The molecule has 2 aliphatic rings. The Kier molecular flexibility index (Phi) is 5.26. The van der Waals surface area contributed by atoms with E-state index in [9.17, 15) is 18.8 Å². The molecular weight excluding hydrogens is 375 g/mol. The van der Waals surface area contributed by atoms with Gasteiger partial charge in [0.25, 0.3) is 5.91 Å². The van der Waals surface area contributed by atoms with Crippen LogP contribution in [-0.4, -0.2) is 42.3 Å². The normalized spacial score (nSPS) is 19.8. The molecule has 150 valence electrons. The lowest BCUT2D eigenvalue weighted by Crippen LogP contribution is -2.50. The van der Waals surface area contributed by atoms with Crippen LogP contribution in [0.2, 0.25) is 0 Å². The molecule has 2 fully saturated rings. The number of hydrogen-bond acceptors (Lipinski definition) is 4. The lowest BCUT2D eigenvalue weighted by Gasteiger charge is -2.36. The van der Waals surface area contributed by atoms with Gasteiger partial charge in [-0.05, 0) is 42.0 Å². The molecule has 0 bridgehead atoms. The maximum atomic E-state index is 13.7. The predicted octanol–water partition coefficient (Wildman–Crippen LogP) is 1.77. The zero-order valence-electron chi connectivity index (χ0n) is 15.7. The van der Waals surface area contributed by atoms with Crippen molar-refractivity contribution >= 4 is 23.4 Å². The van der Waals surface area contributed by atoms with Crippen LogP contribution in [0.25, 0.3) is 0 Å². The Hall–Kier alpha value is -3.26. The highest BCUT2D eigenvalue weighted by atomic mass is 19.1. The molecule has 0 spiro atoms. The average molecular weight is 396 g/mol. The number of carbonyl (C=O) groups is 3. The zero-order chi connectivity index (χ0) is 20.4. The molecule has 8 heteroatoms. The van der Waals surface area contributed by atoms with Crippen LogP contribution in [0.15, 0.2) is 48.5 Å². The van der Waals surface area contributed by atoms with E-state index in [2.05, 4.69) is 10.7 Å². The lowest BCUT2D eigenvalue weighted by atomic mass is 10.0. The summed E-state index contributed by atoms with van der Waals surface area (Å²) in [5.74, 6) is -0.917. The number of amides is 3. The molecule has 3 amide bonds. The van der Waals surface area contributed by atoms with Crippen LogP contribution in [0.1, 0.15) is 34.8 Å². The number of benzene rings is 2. The van der Waals surface area contributed by atoms with Crippen molar-refractivity contribution in [1.29, 1.82) is 0 Å². The summed E-state index contributed by atoms with van der Waals surface area (Å²) in [4.78, 5) is 38.5. The first-order valence-corrected chi connectivity index (χ1v) is 9.52. The van der Waals surface area contributed by atoms with Crippen LogP contribution in [-0.2, 0) is 9.59 Å². The Bertz CT molecular complexity index is 947. The van der Waals surface area contributed by atoms with Crippen LogP contribution in [0.4, 0.5) is 10.1 Å². The highest BCUT2D eigenvalue weighted by Crippen LogP contribution is 2.26. The predicted molar refractivity (Wildman–Crippen MR) is 104 cm³/mol. The van der Waals surface area contributed by atoms with E-state index >= 15 is 0 Å². The fourth-order valence-corrected chi connectivity index (χ4v) is 3.66. The van der Waals surface area contributed by atoms with Gasteiger partial charge in [0.2, 0.25) is 11.8 Å². The Labute approximate surface area is 167 Å². The highest BCUT2D eigenvalue weighted by Gasteiger charge is 2.29. The first-order valence-electron chi connectivity index (χ1n) is 9.52. The Morgan fingerprint density at radius 2 is 1.86 bits per heavy atom. The summed E-state index contributed by atoms with van der Waals surface area (Å²) >= 11 is 0. The van der Waals surface area contributed by atoms with Gasteiger partial charge in [-0.25, -0.2) is 9.40 Å². The molecule has 4 rings (SSSR count). The van der Waals surface area contributed by atoms with E-state index in [0.717, 1.165) is 5.56 Å². The van der Waals surface area contributed by atoms with Crippen molar-refractivity contribution in [3.63, 3.8) is 0 Å². The summed E-state index contributed by atoms with van der Waals surface area (Å²) in [6, 6.07) is 12.6. The second-order valence-corrected chi connectivity index (χ2v) is 7.08. The largest absolute Gasteiger partial charge is 0.329 e. The first kappa shape index (κ1) is 19.1. The van der Waals surface area contributed by atoms with Crippen molar-refractivity contribution in [1.82, 2.24) is 15.6 Å². The minimum absolute atomic E-state index is 0.155. The fraction of sp³-hybridized carbons (Fsp3) is 0.286. The molecule has 7 nitrogen and oxygen atoms in total. The number of nitrogens with zero attached hydrogens (tertiary/aromatic N) is 2. The minimum Gasteiger partial charge on any atom is -0.329 e. The molecule has 0 aliphatic carbocycles. The van der Waals surface area contributed by atoms with Gasteiger partial charge in [-0.1, -0.05) is 12.1 Å². The SMILES string of the molecule is O=C1CCC(=O)N(c2ccc(C(=O)N3CCNCC3c3cccc(F)c3)cc2)N1. The van der Waals surface area contributed by atoms with Gasteiger partial charge < -0.3 is 10.2 Å². The van der Waals surface area contributed by atoms with E-state index < -0.39 is 0 Å². The number of carbonyl (C=O) groups excluding carboxylic acids is 3. The Morgan fingerprint density at radius 3 is 2.62 bits per heavy atom. The van der Waals surface area contributed by atoms with E-state index in [4.69, 9.17) is 0 Å². The number of hydrogen-bond donors (Lipinski definition) is 2. The third-order valence-corrected chi connectivity index (χ3v) is 5.16. The summed E-state index contributed by atoms with van der Waals surface area (Å²) in [5.41, 5.74) is 4.24. The van der Waals surface area contributed by atoms with E-state index in [-0.39, 0.29) is 42.4 Å². The third-order valence-electron chi connectivity index (χ3n) is 5.16. The van der Waals surface area contributed by atoms with Gasteiger partial charge in [0.15, 0.2) is 0 Å². The molecule has 2 aromatic carbocycles. The molecule has 0 radical (unpaired) electrons. The third kappa shape index (κ3) is 3.97. The maximum Gasteiger partial charge on any atom is 0.254 e. The average Bonchev–Trinajstić information content (AvgIpc) is 2.75. The van der Waals surface area contributed by atoms with E-state index in [1.165, 1.54) is 17.1 Å². The van der Waals surface area contributed by atoms with Crippen molar-refractivity contribution in [2.75, 3.05) is 24.6 Å². The number of nitrogens with one attached hydrogen (secondary N) is 2. The topological polar surface area (TPSA) is 81.8 Å². The van der Waals surface area contributed by atoms with Crippen LogP contribution < -0.4 is 15.8 Å². The van der Waals surface area contributed by atoms with Gasteiger partial charge in [0.05, 0.1) is 11.7 Å². The van der Waals surface area contributed by atoms with Gasteiger partial charge in [-0.3, -0.25) is 19.8 Å². The second-order valence-electron chi connectivity index (χ2n) is 7.08. The maximum absolute atomic E-state index is 13.7. The van der Waals surface area contributed by atoms with Crippen LogP contribution >= 0.6 is 0 Å². The zero-order valence-corrected chi connectivity index (χ0v) is 15.7. The molecule has 2 N–H and O–H groups in total. The summed E-state index contributed by atoms with van der Waals surface area (Å²) < 4.78 is 13.7. The Morgan fingerprint density at radius 1 is 1.07 bits per heavy atom. The van der Waals surface area contributed by atoms with E-state index in [1.807, 2.05) is 6.07 Å². The molecule has 0 saturated carbocycles. The number of hydrazine groups is 1. The van der Waals surface area contributed by atoms with Crippen molar-refractivity contribution in [2.24, 2.45) is 0 Å². The number of halogens is 1. The molecular formula is C21H21FN4O3. The monoisotopic (exact) mass is 396 g/mol. The summed E-state index contributed by atoms with van der Waals surface area (Å²) in [5, 5.41) is 4.46. The quantitative estimate of drug-likeness (QED) is 0.829. The van der Waals surface area contributed by atoms with E-state index in [0.29, 0.717) is 30.9 Å². The van der Waals surface area contributed by atoms with Gasteiger partial charge >= 0.3 is 0 Å². The molecule has 2 aromatic rings. The molecule has 1 atom stereocenters. The number of piperazine rings is 1. The van der Waals surface area contributed by atoms with Crippen molar-refractivity contribution in [2.45, 2.75) is 18.9 Å². The summed E-state index contributed by atoms with van der Waals surface area (Å²) in [7, 11) is 0. The van der Waals surface area contributed by atoms with Gasteiger partial charge in [0.1, 0.15) is 5.82 Å². The second kappa shape index (κ2) is 8.00. The van der Waals surface area contributed by atoms with Crippen LogP contribution in [0.5, 0.6) is 0 Å². The van der Waals surface area contributed by atoms with Crippen LogP contribution in [0, 0.1) is 5.82 Å². The molecule has 2 heterocycles. The molecule has 29 heavy (non-hydrogen) atoms. The van der Waals surface area contributed by atoms with Crippen molar-refractivity contribution in [3.8, 4) is 0 Å². The molecule has 2 saturated heterocycles. The number of anilines is 1. The highest BCUT2D eigenvalue weighted by molar-refractivity contribution is 6.01. The molecule has 1 unspecified atom stereocenters. The first-order chi connectivity index (χ1) is 14.0. The van der Waals surface area contributed by atoms with Crippen molar-refractivity contribution in [3.05, 3.63) is 65.5 Å². The minimum atomic E-state index is -0.335. The van der Waals surface area contributed by atoms with Crippen molar-refractivity contribution < 1.29 is 18.8 Å². The number of rotatable bonds is 3. The molecule has 2 aliphatic heterocycles. The lowest BCUT2D eigenvalue weighted by molar-refractivity contribution is -0.130.